The van der Waals surface area contributed by atoms with Gasteiger partial charge in [-0.2, -0.15) is 0 Å². The smallest absolute Gasteiger partial charge is 0.258 e. The van der Waals surface area contributed by atoms with Crippen LogP contribution in [0, 0.1) is 5.92 Å². The molecule has 1 aliphatic rings. The van der Waals surface area contributed by atoms with Gasteiger partial charge in [-0.25, -0.2) is 0 Å². The zero-order valence-electron chi connectivity index (χ0n) is 11.8. The van der Waals surface area contributed by atoms with Crippen molar-refractivity contribution < 1.29 is 9.53 Å². The van der Waals surface area contributed by atoms with Crippen molar-refractivity contribution in [1.82, 2.24) is 5.32 Å². The van der Waals surface area contributed by atoms with E-state index in [0.29, 0.717) is 6.04 Å². The minimum absolute atomic E-state index is 0.0130. The highest BCUT2D eigenvalue weighted by atomic mass is 16.5. The van der Waals surface area contributed by atoms with Crippen LogP contribution in [0.2, 0.25) is 0 Å². The van der Waals surface area contributed by atoms with Gasteiger partial charge in [-0.15, -0.1) is 0 Å². The first-order valence-electron chi connectivity index (χ1n) is 7.18. The molecule has 1 aromatic carbocycles. The van der Waals surface area contributed by atoms with E-state index in [1.807, 2.05) is 18.2 Å². The highest BCUT2D eigenvalue weighted by Gasteiger charge is 2.22. The van der Waals surface area contributed by atoms with Crippen molar-refractivity contribution in [2.24, 2.45) is 5.92 Å². The number of carbonyl (C=O) groups excluding carboxylic acids is 1. The van der Waals surface area contributed by atoms with E-state index >= 15 is 0 Å². The lowest BCUT2D eigenvalue weighted by molar-refractivity contribution is -0.123. The fourth-order valence-electron chi connectivity index (χ4n) is 2.61. The Balaban J connectivity index is 1.76. The van der Waals surface area contributed by atoms with E-state index < -0.39 is 0 Å². The first-order chi connectivity index (χ1) is 9.17. The number of ether oxygens (including phenoxy) is 1. The second-order valence-electron chi connectivity index (χ2n) is 5.47. The third kappa shape index (κ3) is 4.27. The summed E-state index contributed by atoms with van der Waals surface area (Å²) in [7, 11) is 0. The Morgan fingerprint density at radius 1 is 1.42 bits per heavy atom. The summed E-state index contributed by atoms with van der Waals surface area (Å²) < 4.78 is 5.54. The molecule has 2 unspecified atom stereocenters. The highest BCUT2D eigenvalue weighted by Crippen LogP contribution is 2.24. The summed E-state index contributed by atoms with van der Waals surface area (Å²) in [5.74, 6) is 1.49. The lowest BCUT2D eigenvalue weighted by atomic mass is 10.1. The maximum atomic E-state index is 11.8. The molecule has 3 heteroatoms. The monoisotopic (exact) mass is 261 g/mol. The SMILES string of the molecule is CCc1cccc(OCC(=O)NC2CCC(C)C2)c1. The first-order valence-corrected chi connectivity index (χ1v) is 7.18. The second kappa shape index (κ2) is 6.60. The number of benzene rings is 1. The number of amides is 1. The van der Waals surface area contributed by atoms with Crippen LogP contribution in [0.4, 0.5) is 0 Å². The van der Waals surface area contributed by atoms with Crippen LogP contribution in [0.25, 0.3) is 0 Å². The zero-order valence-corrected chi connectivity index (χ0v) is 11.8. The molecule has 0 saturated heterocycles. The van der Waals surface area contributed by atoms with Crippen molar-refractivity contribution in [3.63, 3.8) is 0 Å². The summed E-state index contributed by atoms with van der Waals surface area (Å²) in [4.78, 5) is 11.8. The maximum absolute atomic E-state index is 11.8. The first kappa shape index (κ1) is 13.9. The molecule has 1 fully saturated rings. The van der Waals surface area contributed by atoms with Crippen LogP contribution in [-0.2, 0) is 11.2 Å². The van der Waals surface area contributed by atoms with E-state index in [4.69, 9.17) is 4.74 Å². The highest BCUT2D eigenvalue weighted by molar-refractivity contribution is 5.77. The molecule has 1 amide bonds. The van der Waals surface area contributed by atoms with Crippen LogP contribution in [0.1, 0.15) is 38.7 Å². The molecule has 3 nitrogen and oxygen atoms in total. The van der Waals surface area contributed by atoms with Gasteiger partial charge in [0.1, 0.15) is 5.75 Å². The largest absolute Gasteiger partial charge is 0.484 e. The van der Waals surface area contributed by atoms with Gasteiger partial charge in [0.15, 0.2) is 6.61 Å². The Bertz CT molecular complexity index is 431. The lowest BCUT2D eigenvalue weighted by Crippen LogP contribution is -2.36. The van der Waals surface area contributed by atoms with Gasteiger partial charge in [-0.05, 0) is 49.3 Å². The number of rotatable bonds is 5. The third-order valence-corrected chi connectivity index (χ3v) is 3.74. The van der Waals surface area contributed by atoms with E-state index in [0.717, 1.165) is 30.9 Å². The Labute approximate surface area is 115 Å². The van der Waals surface area contributed by atoms with Crippen molar-refractivity contribution in [3.8, 4) is 5.75 Å². The average molecular weight is 261 g/mol. The van der Waals surface area contributed by atoms with Crippen LogP contribution in [-0.4, -0.2) is 18.6 Å². The van der Waals surface area contributed by atoms with Crippen molar-refractivity contribution >= 4 is 5.91 Å². The fraction of sp³-hybridized carbons (Fsp3) is 0.562. The Kier molecular flexibility index (Phi) is 4.83. The number of carbonyl (C=O) groups is 1. The average Bonchev–Trinajstić information content (AvgIpc) is 2.82. The molecular weight excluding hydrogens is 238 g/mol. The standard InChI is InChI=1S/C16H23NO2/c1-3-13-5-4-6-15(10-13)19-11-16(18)17-14-8-7-12(2)9-14/h4-6,10,12,14H,3,7-9,11H2,1-2H3,(H,17,18). The summed E-state index contributed by atoms with van der Waals surface area (Å²) >= 11 is 0. The van der Waals surface area contributed by atoms with Gasteiger partial charge in [0.25, 0.3) is 5.91 Å². The summed E-state index contributed by atoms with van der Waals surface area (Å²) in [5, 5.41) is 3.04. The van der Waals surface area contributed by atoms with Crippen molar-refractivity contribution in [1.29, 1.82) is 0 Å². The third-order valence-electron chi connectivity index (χ3n) is 3.74. The molecule has 1 aliphatic carbocycles. The van der Waals surface area contributed by atoms with Crippen LogP contribution in [0.5, 0.6) is 5.75 Å². The van der Waals surface area contributed by atoms with Gasteiger partial charge < -0.3 is 10.1 Å². The molecule has 2 rings (SSSR count). The molecule has 0 aromatic heterocycles. The summed E-state index contributed by atoms with van der Waals surface area (Å²) in [5.41, 5.74) is 1.22. The topological polar surface area (TPSA) is 38.3 Å². The van der Waals surface area contributed by atoms with E-state index in [1.165, 1.54) is 12.0 Å². The minimum Gasteiger partial charge on any atom is -0.484 e. The van der Waals surface area contributed by atoms with Gasteiger partial charge in [-0.3, -0.25) is 4.79 Å². The summed E-state index contributed by atoms with van der Waals surface area (Å²) in [6.07, 6.45) is 4.38. The molecule has 0 aliphatic heterocycles. The zero-order chi connectivity index (χ0) is 13.7. The molecule has 0 spiro atoms. The van der Waals surface area contributed by atoms with Crippen molar-refractivity contribution in [2.75, 3.05) is 6.61 Å². The number of hydrogen-bond acceptors (Lipinski definition) is 2. The van der Waals surface area contributed by atoms with E-state index in [-0.39, 0.29) is 12.5 Å². The van der Waals surface area contributed by atoms with Gasteiger partial charge >= 0.3 is 0 Å². The lowest BCUT2D eigenvalue weighted by Gasteiger charge is -2.13. The second-order valence-corrected chi connectivity index (χ2v) is 5.47. The fourth-order valence-corrected chi connectivity index (χ4v) is 2.61. The normalized spacial score (nSPS) is 22.2. The van der Waals surface area contributed by atoms with Crippen molar-refractivity contribution in [3.05, 3.63) is 29.8 Å². The van der Waals surface area contributed by atoms with E-state index in [1.54, 1.807) is 0 Å². The summed E-state index contributed by atoms with van der Waals surface area (Å²) in [6.45, 7) is 4.45. The minimum atomic E-state index is -0.0130. The van der Waals surface area contributed by atoms with Crippen molar-refractivity contribution in [2.45, 2.75) is 45.6 Å². The van der Waals surface area contributed by atoms with Gasteiger partial charge in [-0.1, -0.05) is 26.0 Å². The number of aryl methyl sites for hydroxylation is 1. The number of hydrogen-bond donors (Lipinski definition) is 1. The Hall–Kier alpha value is -1.51. The predicted molar refractivity (Wildman–Crippen MR) is 76.3 cm³/mol. The van der Waals surface area contributed by atoms with Crippen LogP contribution in [0.15, 0.2) is 24.3 Å². The van der Waals surface area contributed by atoms with Gasteiger partial charge in [0, 0.05) is 6.04 Å². The van der Waals surface area contributed by atoms with Gasteiger partial charge in [0.05, 0.1) is 0 Å². The molecule has 0 bridgehead atoms. The van der Waals surface area contributed by atoms with Crippen LogP contribution >= 0.6 is 0 Å². The molecule has 0 heterocycles. The molecule has 1 saturated carbocycles. The van der Waals surface area contributed by atoms with Crippen LogP contribution < -0.4 is 10.1 Å². The summed E-state index contributed by atoms with van der Waals surface area (Å²) in [6, 6.07) is 8.25. The molecule has 19 heavy (non-hydrogen) atoms. The quantitative estimate of drug-likeness (QED) is 0.885. The Morgan fingerprint density at radius 2 is 2.26 bits per heavy atom. The molecule has 104 valence electrons. The van der Waals surface area contributed by atoms with E-state index in [9.17, 15) is 4.79 Å². The number of nitrogens with one attached hydrogen (secondary N) is 1. The van der Waals surface area contributed by atoms with Gasteiger partial charge in [0.2, 0.25) is 0 Å². The Morgan fingerprint density at radius 3 is 2.95 bits per heavy atom. The molecule has 2 atom stereocenters. The van der Waals surface area contributed by atoms with Crippen LogP contribution in [0.3, 0.4) is 0 Å². The molecule has 1 N–H and O–H groups in total. The molecule has 1 aromatic rings. The van der Waals surface area contributed by atoms with E-state index in [2.05, 4.69) is 25.2 Å². The predicted octanol–water partition coefficient (Wildman–Crippen LogP) is 2.93. The molecular formula is C16H23NO2. The maximum Gasteiger partial charge on any atom is 0.258 e. The molecule has 0 radical (unpaired) electrons.